The number of hydrogen-bond acceptors (Lipinski definition) is 1. The van der Waals surface area contributed by atoms with E-state index in [0.29, 0.717) is 5.41 Å². The van der Waals surface area contributed by atoms with Crippen molar-refractivity contribution < 1.29 is 4.74 Å². The van der Waals surface area contributed by atoms with Gasteiger partial charge in [-0.1, -0.05) is 29.8 Å². The standard InChI is InChI=1S/C10H19BrO/c1-10(2,8-11)5-3-9-4-6-12-7-9/h9H,3-8H2,1-2H3. The van der Waals surface area contributed by atoms with Gasteiger partial charge in [0.15, 0.2) is 0 Å². The molecule has 0 saturated carbocycles. The van der Waals surface area contributed by atoms with Gasteiger partial charge >= 0.3 is 0 Å². The van der Waals surface area contributed by atoms with Gasteiger partial charge in [-0.05, 0) is 30.6 Å². The van der Waals surface area contributed by atoms with Crippen LogP contribution in [0.4, 0.5) is 0 Å². The smallest absolute Gasteiger partial charge is 0.0495 e. The summed E-state index contributed by atoms with van der Waals surface area (Å²) in [5.41, 5.74) is 0.461. The Labute approximate surface area is 84.0 Å². The molecular weight excluding hydrogens is 216 g/mol. The maximum atomic E-state index is 5.34. The molecular formula is C10H19BrO. The third-order valence-electron chi connectivity index (χ3n) is 2.62. The highest BCUT2D eigenvalue weighted by molar-refractivity contribution is 9.09. The largest absolute Gasteiger partial charge is 0.381 e. The van der Waals surface area contributed by atoms with Crippen molar-refractivity contribution in [1.82, 2.24) is 0 Å². The molecule has 0 N–H and O–H groups in total. The highest BCUT2D eigenvalue weighted by Crippen LogP contribution is 2.29. The second kappa shape index (κ2) is 4.61. The fraction of sp³-hybridized carbons (Fsp3) is 1.00. The fourth-order valence-corrected chi connectivity index (χ4v) is 1.75. The number of alkyl halides is 1. The Morgan fingerprint density at radius 1 is 1.50 bits per heavy atom. The first kappa shape index (κ1) is 10.5. The third kappa shape index (κ3) is 3.44. The van der Waals surface area contributed by atoms with Crippen LogP contribution in [-0.2, 0) is 4.74 Å². The maximum absolute atomic E-state index is 5.34. The Morgan fingerprint density at radius 2 is 2.25 bits per heavy atom. The molecule has 0 aromatic heterocycles. The molecule has 72 valence electrons. The van der Waals surface area contributed by atoms with Crippen LogP contribution in [0.25, 0.3) is 0 Å². The summed E-state index contributed by atoms with van der Waals surface area (Å²) in [7, 11) is 0. The van der Waals surface area contributed by atoms with Gasteiger partial charge < -0.3 is 4.74 Å². The van der Waals surface area contributed by atoms with Crippen LogP contribution >= 0.6 is 15.9 Å². The minimum Gasteiger partial charge on any atom is -0.381 e. The molecule has 0 amide bonds. The average molecular weight is 235 g/mol. The SMILES string of the molecule is CC(C)(CBr)CCC1CCOC1. The molecule has 2 heteroatoms. The van der Waals surface area contributed by atoms with Gasteiger partial charge in [0.05, 0.1) is 0 Å². The van der Waals surface area contributed by atoms with E-state index in [2.05, 4.69) is 29.8 Å². The van der Waals surface area contributed by atoms with E-state index < -0.39 is 0 Å². The summed E-state index contributed by atoms with van der Waals surface area (Å²) in [5.74, 6) is 0.836. The second-order valence-corrected chi connectivity index (χ2v) is 5.13. The predicted molar refractivity (Wildman–Crippen MR) is 55.7 cm³/mol. The molecule has 0 spiro atoms. The molecule has 1 saturated heterocycles. The zero-order valence-electron chi connectivity index (χ0n) is 8.11. The average Bonchev–Trinajstić information content (AvgIpc) is 2.53. The fourth-order valence-electron chi connectivity index (χ4n) is 1.47. The van der Waals surface area contributed by atoms with Crippen molar-refractivity contribution in [2.24, 2.45) is 11.3 Å². The lowest BCUT2D eigenvalue weighted by Gasteiger charge is -2.22. The van der Waals surface area contributed by atoms with Crippen molar-refractivity contribution in [1.29, 1.82) is 0 Å². The van der Waals surface area contributed by atoms with Gasteiger partial charge in [0.2, 0.25) is 0 Å². The number of rotatable bonds is 4. The predicted octanol–water partition coefficient (Wildman–Crippen LogP) is 3.22. The van der Waals surface area contributed by atoms with Crippen LogP contribution in [0.5, 0.6) is 0 Å². The summed E-state index contributed by atoms with van der Waals surface area (Å²) >= 11 is 3.55. The molecule has 0 aliphatic carbocycles. The molecule has 1 nitrogen and oxygen atoms in total. The van der Waals surface area contributed by atoms with E-state index in [9.17, 15) is 0 Å². The first-order chi connectivity index (χ1) is 5.64. The Balaban J connectivity index is 2.15. The quantitative estimate of drug-likeness (QED) is 0.680. The highest BCUT2D eigenvalue weighted by Gasteiger charge is 2.21. The lowest BCUT2D eigenvalue weighted by atomic mass is 9.86. The Morgan fingerprint density at radius 3 is 2.75 bits per heavy atom. The monoisotopic (exact) mass is 234 g/mol. The first-order valence-electron chi connectivity index (χ1n) is 4.78. The molecule has 0 aromatic carbocycles. The number of ether oxygens (including phenoxy) is 1. The summed E-state index contributed by atoms with van der Waals surface area (Å²) in [6.45, 7) is 6.62. The van der Waals surface area contributed by atoms with E-state index in [-0.39, 0.29) is 0 Å². The van der Waals surface area contributed by atoms with E-state index in [0.717, 1.165) is 24.5 Å². The lowest BCUT2D eigenvalue weighted by molar-refractivity contribution is 0.180. The van der Waals surface area contributed by atoms with Gasteiger partial charge in [0.1, 0.15) is 0 Å². The molecule has 1 aliphatic rings. The molecule has 1 fully saturated rings. The Hall–Kier alpha value is 0.440. The highest BCUT2D eigenvalue weighted by atomic mass is 79.9. The second-order valence-electron chi connectivity index (χ2n) is 4.57. The Kier molecular flexibility index (Phi) is 4.04. The van der Waals surface area contributed by atoms with Crippen molar-refractivity contribution >= 4 is 15.9 Å². The van der Waals surface area contributed by atoms with Crippen LogP contribution < -0.4 is 0 Å². The molecule has 1 heterocycles. The number of halogens is 1. The zero-order chi connectivity index (χ0) is 9.03. The minimum atomic E-state index is 0.461. The summed E-state index contributed by atoms with van der Waals surface area (Å²) in [6, 6.07) is 0. The molecule has 1 rings (SSSR count). The van der Waals surface area contributed by atoms with Crippen LogP contribution in [0.1, 0.15) is 33.1 Å². The van der Waals surface area contributed by atoms with E-state index in [1.54, 1.807) is 0 Å². The van der Waals surface area contributed by atoms with E-state index in [1.807, 2.05) is 0 Å². The van der Waals surface area contributed by atoms with Gasteiger partial charge in [-0.25, -0.2) is 0 Å². The molecule has 1 aliphatic heterocycles. The van der Waals surface area contributed by atoms with Gasteiger partial charge in [-0.3, -0.25) is 0 Å². The van der Waals surface area contributed by atoms with Gasteiger partial charge in [0, 0.05) is 18.5 Å². The van der Waals surface area contributed by atoms with Crippen LogP contribution in [-0.4, -0.2) is 18.5 Å². The summed E-state index contributed by atoms with van der Waals surface area (Å²) in [5, 5.41) is 1.10. The molecule has 0 radical (unpaired) electrons. The zero-order valence-corrected chi connectivity index (χ0v) is 9.69. The van der Waals surface area contributed by atoms with E-state index in [4.69, 9.17) is 4.74 Å². The molecule has 0 bridgehead atoms. The summed E-state index contributed by atoms with van der Waals surface area (Å²) in [6.07, 6.45) is 3.92. The first-order valence-corrected chi connectivity index (χ1v) is 5.90. The van der Waals surface area contributed by atoms with E-state index >= 15 is 0 Å². The topological polar surface area (TPSA) is 9.23 Å². The number of hydrogen-bond donors (Lipinski definition) is 0. The minimum absolute atomic E-state index is 0.461. The van der Waals surface area contributed by atoms with E-state index in [1.165, 1.54) is 19.3 Å². The normalized spacial score (nSPS) is 24.8. The van der Waals surface area contributed by atoms with Crippen molar-refractivity contribution in [3.05, 3.63) is 0 Å². The lowest BCUT2D eigenvalue weighted by Crippen LogP contribution is -2.15. The van der Waals surface area contributed by atoms with Crippen molar-refractivity contribution in [2.75, 3.05) is 18.5 Å². The van der Waals surface area contributed by atoms with Gasteiger partial charge in [-0.2, -0.15) is 0 Å². The van der Waals surface area contributed by atoms with Gasteiger partial charge in [-0.15, -0.1) is 0 Å². The van der Waals surface area contributed by atoms with Crippen molar-refractivity contribution in [3.8, 4) is 0 Å². The molecule has 0 aromatic rings. The molecule has 1 unspecified atom stereocenters. The Bertz CT molecular complexity index is 128. The van der Waals surface area contributed by atoms with Gasteiger partial charge in [0.25, 0.3) is 0 Å². The summed E-state index contributed by atoms with van der Waals surface area (Å²) < 4.78 is 5.34. The maximum Gasteiger partial charge on any atom is 0.0495 e. The van der Waals surface area contributed by atoms with Crippen molar-refractivity contribution in [3.63, 3.8) is 0 Å². The summed E-state index contributed by atoms with van der Waals surface area (Å²) in [4.78, 5) is 0. The van der Waals surface area contributed by atoms with Crippen molar-refractivity contribution in [2.45, 2.75) is 33.1 Å². The molecule has 1 atom stereocenters. The molecule has 12 heavy (non-hydrogen) atoms. The van der Waals surface area contributed by atoms with Crippen LogP contribution in [0.3, 0.4) is 0 Å². The van der Waals surface area contributed by atoms with Crippen LogP contribution in [0.15, 0.2) is 0 Å². The van der Waals surface area contributed by atoms with Crippen LogP contribution in [0, 0.1) is 11.3 Å². The third-order valence-corrected chi connectivity index (χ3v) is 4.13. The van der Waals surface area contributed by atoms with Crippen LogP contribution in [0.2, 0.25) is 0 Å².